The van der Waals surface area contributed by atoms with Gasteiger partial charge in [0.2, 0.25) is 0 Å². The minimum absolute atomic E-state index is 0.108. The van der Waals surface area contributed by atoms with E-state index in [1.165, 1.54) is 263 Å². The highest BCUT2D eigenvalue weighted by molar-refractivity contribution is 7.47. The predicted molar refractivity (Wildman–Crippen MR) is 414 cm³/mol. The Morgan fingerprint density at radius 3 is 0.673 bits per heavy atom. The van der Waals surface area contributed by atoms with Crippen molar-refractivity contribution in [2.75, 3.05) is 39.6 Å². The maximum Gasteiger partial charge on any atom is 0.472 e. The predicted octanol–water partition coefficient (Wildman–Crippen LogP) is 24.8. The summed E-state index contributed by atoms with van der Waals surface area (Å²) in [4.78, 5) is 73.0. The Labute approximate surface area is 619 Å². The van der Waals surface area contributed by atoms with Crippen LogP contribution >= 0.6 is 15.6 Å². The van der Waals surface area contributed by atoms with Crippen LogP contribution in [0.25, 0.3) is 0 Å². The first-order valence-electron chi connectivity index (χ1n) is 42.6. The molecule has 0 rings (SSSR count). The molecule has 0 aromatic heterocycles. The quantitative estimate of drug-likeness (QED) is 0.0222. The van der Waals surface area contributed by atoms with Crippen LogP contribution in [0.4, 0.5) is 0 Å². The molecule has 0 aromatic carbocycles. The van der Waals surface area contributed by atoms with Crippen LogP contribution in [0.5, 0.6) is 0 Å². The molecule has 0 bridgehead atoms. The molecule has 0 aliphatic carbocycles. The highest BCUT2D eigenvalue weighted by Crippen LogP contribution is 2.45. The van der Waals surface area contributed by atoms with Gasteiger partial charge in [0.05, 0.1) is 26.4 Å². The first-order valence-corrected chi connectivity index (χ1v) is 45.6. The molecule has 3 N–H and O–H groups in total. The number of carbonyl (C=O) groups excluding carboxylic acids is 4. The van der Waals surface area contributed by atoms with Crippen LogP contribution in [0.15, 0.2) is 0 Å². The number of phosphoric acid groups is 2. The minimum Gasteiger partial charge on any atom is -0.462 e. The van der Waals surface area contributed by atoms with Gasteiger partial charge in [-0.15, -0.1) is 0 Å². The van der Waals surface area contributed by atoms with Gasteiger partial charge in [-0.1, -0.05) is 388 Å². The van der Waals surface area contributed by atoms with Gasteiger partial charge in [0.25, 0.3) is 0 Å². The van der Waals surface area contributed by atoms with Crippen molar-refractivity contribution in [1.82, 2.24) is 0 Å². The van der Waals surface area contributed by atoms with Crippen LogP contribution in [0, 0.1) is 5.92 Å². The van der Waals surface area contributed by atoms with E-state index in [1.54, 1.807) is 0 Å². The third kappa shape index (κ3) is 76.1. The molecule has 101 heavy (non-hydrogen) atoms. The number of hydrogen-bond donors (Lipinski definition) is 3. The molecule has 0 amide bonds. The topological polar surface area (TPSA) is 237 Å². The van der Waals surface area contributed by atoms with Gasteiger partial charge in [0.15, 0.2) is 12.2 Å². The number of unbranched alkanes of at least 4 members (excludes halogenated alkanes) is 54. The van der Waals surface area contributed by atoms with E-state index in [0.717, 1.165) is 95.8 Å². The van der Waals surface area contributed by atoms with E-state index in [9.17, 15) is 43.2 Å². The van der Waals surface area contributed by atoms with E-state index in [0.29, 0.717) is 25.7 Å². The van der Waals surface area contributed by atoms with Crippen molar-refractivity contribution in [3.63, 3.8) is 0 Å². The molecule has 17 nitrogen and oxygen atoms in total. The molecule has 19 heteroatoms. The summed E-state index contributed by atoms with van der Waals surface area (Å²) >= 11 is 0. The second-order valence-electron chi connectivity index (χ2n) is 30.0. The van der Waals surface area contributed by atoms with Gasteiger partial charge in [-0.2, -0.15) is 0 Å². The molecule has 0 aliphatic heterocycles. The van der Waals surface area contributed by atoms with Gasteiger partial charge in [-0.25, -0.2) is 9.13 Å². The lowest BCUT2D eigenvalue weighted by Crippen LogP contribution is -2.30. The number of hydrogen-bond acceptors (Lipinski definition) is 15. The Morgan fingerprint density at radius 1 is 0.267 bits per heavy atom. The molecule has 0 spiro atoms. The summed E-state index contributed by atoms with van der Waals surface area (Å²) < 4.78 is 68.7. The molecule has 0 fully saturated rings. The Morgan fingerprint density at radius 2 is 0.455 bits per heavy atom. The molecule has 0 heterocycles. The fourth-order valence-corrected chi connectivity index (χ4v) is 14.3. The number of phosphoric ester groups is 2. The van der Waals surface area contributed by atoms with Crippen molar-refractivity contribution < 1.29 is 80.2 Å². The molecule has 0 radical (unpaired) electrons. The number of carbonyl (C=O) groups is 4. The highest BCUT2D eigenvalue weighted by Gasteiger charge is 2.30. The van der Waals surface area contributed by atoms with E-state index < -0.39 is 97.5 Å². The molecule has 600 valence electrons. The van der Waals surface area contributed by atoms with Crippen molar-refractivity contribution >= 4 is 39.5 Å². The van der Waals surface area contributed by atoms with Crippen molar-refractivity contribution in [2.24, 2.45) is 5.92 Å². The summed E-state index contributed by atoms with van der Waals surface area (Å²) in [5, 5.41) is 10.6. The van der Waals surface area contributed by atoms with E-state index in [1.807, 2.05) is 0 Å². The smallest absolute Gasteiger partial charge is 0.462 e. The third-order valence-corrected chi connectivity index (χ3v) is 21.2. The summed E-state index contributed by atoms with van der Waals surface area (Å²) in [7, 11) is -9.92. The second kappa shape index (κ2) is 74.9. The number of aliphatic hydroxyl groups excluding tert-OH is 1. The molecule has 0 saturated heterocycles. The number of rotatable bonds is 82. The Balaban J connectivity index is 5.21. The van der Waals surface area contributed by atoms with Crippen LogP contribution in [0.3, 0.4) is 0 Å². The third-order valence-electron chi connectivity index (χ3n) is 19.3. The Bertz CT molecular complexity index is 1930. The van der Waals surface area contributed by atoms with Crippen molar-refractivity contribution in [1.29, 1.82) is 0 Å². The van der Waals surface area contributed by atoms with Crippen molar-refractivity contribution in [3.8, 4) is 0 Å². The lowest BCUT2D eigenvalue weighted by molar-refractivity contribution is -0.161. The number of aliphatic hydroxyl groups is 1. The van der Waals surface area contributed by atoms with E-state index in [4.69, 9.17) is 37.0 Å². The fourth-order valence-electron chi connectivity index (χ4n) is 12.8. The first-order chi connectivity index (χ1) is 49.0. The van der Waals surface area contributed by atoms with Crippen LogP contribution < -0.4 is 0 Å². The van der Waals surface area contributed by atoms with Crippen molar-refractivity contribution in [3.05, 3.63) is 0 Å². The summed E-state index contributed by atoms with van der Waals surface area (Å²) in [5.74, 6) is -1.31. The van der Waals surface area contributed by atoms with Gasteiger partial charge < -0.3 is 33.8 Å². The summed E-state index contributed by atoms with van der Waals surface area (Å²) in [6.45, 7) is 7.35. The van der Waals surface area contributed by atoms with Crippen molar-refractivity contribution in [2.45, 2.75) is 457 Å². The lowest BCUT2D eigenvalue weighted by atomic mass is 10.0. The molecule has 5 atom stereocenters. The van der Waals surface area contributed by atoms with Gasteiger partial charge in [-0.05, 0) is 31.6 Å². The van der Waals surface area contributed by atoms with E-state index >= 15 is 0 Å². The maximum absolute atomic E-state index is 13.1. The zero-order chi connectivity index (χ0) is 74.1. The number of esters is 4. The molecule has 0 aliphatic rings. The summed E-state index contributed by atoms with van der Waals surface area (Å²) in [6.07, 6.45) is 66.6. The molecule has 0 aromatic rings. The molecule has 0 saturated carbocycles. The highest BCUT2D eigenvalue weighted by atomic mass is 31.2. The van der Waals surface area contributed by atoms with Crippen LogP contribution in [0.2, 0.25) is 0 Å². The van der Waals surface area contributed by atoms with Gasteiger partial charge >= 0.3 is 39.5 Å². The van der Waals surface area contributed by atoms with Gasteiger partial charge in [-0.3, -0.25) is 37.3 Å². The average Bonchev–Trinajstić information content (AvgIpc) is 0.925. The largest absolute Gasteiger partial charge is 0.472 e. The summed E-state index contributed by atoms with van der Waals surface area (Å²) in [6, 6.07) is 0. The van der Waals surface area contributed by atoms with Gasteiger partial charge in [0.1, 0.15) is 19.3 Å². The second-order valence-corrected chi connectivity index (χ2v) is 32.9. The molecular formula is C82H160O17P2. The minimum atomic E-state index is -4.96. The van der Waals surface area contributed by atoms with Crippen LogP contribution in [-0.4, -0.2) is 96.7 Å². The van der Waals surface area contributed by atoms with Gasteiger partial charge in [0, 0.05) is 25.7 Å². The normalized spacial score (nSPS) is 13.8. The molecule has 2 unspecified atom stereocenters. The SMILES string of the molecule is CCCCCCCCCCCCCCCCCCCCCCCC(=O)O[C@H](COC(=O)CCCCCCCCCCCCCCCCC(C)C)COP(=O)(O)OC[C@@H](O)COP(=O)(O)OC[C@@H](COC(=O)CCCCCCCCCCCC)OC(=O)CCCCCCCCCCCCCCC. The monoisotopic (exact) mass is 1480 g/mol. The standard InChI is InChI=1S/C82H160O17P2/c1-6-9-12-15-18-21-24-26-27-28-29-30-31-32-33-39-43-48-53-58-63-68-82(87)99-78(72-93-80(85)66-61-56-51-46-41-38-35-34-37-40-44-49-54-59-64-75(4)5)74-97-101(90,91)95-70-76(83)69-94-100(88,89)96-73-77(71-92-79(84)65-60-55-50-45-23-20-17-14-11-8-3)98-81(86)67-62-57-52-47-42-36-25-22-19-16-13-10-7-2/h75-78,83H,6-74H2,1-5H3,(H,88,89)(H,90,91)/t76-,77+,78+/m0/s1. The molecular weight excluding hydrogens is 1320 g/mol. The van der Waals surface area contributed by atoms with Crippen LogP contribution in [0.1, 0.15) is 439 Å². The first kappa shape index (κ1) is 99.1. The Kier molecular flexibility index (Phi) is 73.5. The van der Waals surface area contributed by atoms with E-state index in [-0.39, 0.29) is 25.7 Å². The maximum atomic E-state index is 13.1. The van der Waals surface area contributed by atoms with Crippen LogP contribution in [-0.2, 0) is 65.4 Å². The zero-order valence-electron chi connectivity index (χ0n) is 66.1. The average molecular weight is 1480 g/mol. The van der Waals surface area contributed by atoms with E-state index in [2.05, 4.69) is 34.6 Å². The Hall–Kier alpha value is -1.94. The fraction of sp³-hybridized carbons (Fsp3) is 0.951. The summed E-state index contributed by atoms with van der Waals surface area (Å²) in [5.41, 5.74) is 0. The number of ether oxygens (including phenoxy) is 4. The zero-order valence-corrected chi connectivity index (χ0v) is 67.8. The lowest BCUT2D eigenvalue weighted by Gasteiger charge is -2.21.